The van der Waals surface area contributed by atoms with Crippen LogP contribution in [0.25, 0.3) is 11.0 Å². The molecule has 16 heavy (non-hydrogen) atoms. The second-order valence-corrected chi connectivity index (χ2v) is 4.11. The number of hydrogen-bond acceptors (Lipinski definition) is 2. The lowest BCUT2D eigenvalue weighted by Crippen LogP contribution is -1.76. The minimum absolute atomic E-state index is 0.682. The Hall–Kier alpha value is -1.83. The van der Waals surface area contributed by atoms with Crippen LogP contribution in [0.1, 0.15) is 30.0 Å². The summed E-state index contributed by atoms with van der Waals surface area (Å²) in [7, 11) is 0. The summed E-state index contributed by atoms with van der Waals surface area (Å²) in [6.07, 6.45) is 3.77. The highest BCUT2D eigenvalue weighted by molar-refractivity contribution is 5.86. The maximum Gasteiger partial charge on any atom is 0.150 e. The third-order valence-corrected chi connectivity index (χ3v) is 2.44. The maximum absolute atomic E-state index is 10.6. The molecule has 2 nitrogen and oxygen atoms in total. The van der Waals surface area contributed by atoms with Gasteiger partial charge in [0, 0.05) is 17.4 Å². The van der Waals surface area contributed by atoms with Gasteiger partial charge in [-0.1, -0.05) is 11.6 Å². The number of allylic oxidation sites excluding steroid dienone is 2. The fraction of sp³-hybridized carbons (Fsp3) is 0.214. The Labute approximate surface area is 94.6 Å². The van der Waals surface area contributed by atoms with Crippen molar-refractivity contribution in [3.8, 4) is 0 Å². The molecule has 0 bridgehead atoms. The summed E-state index contributed by atoms with van der Waals surface area (Å²) >= 11 is 0. The summed E-state index contributed by atoms with van der Waals surface area (Å²) in [5.41, 5.74) is 2.79. The van der Waals surface area contributed by atoms with Crippen LogP contribution in [0.4, 0.5) is 0 Å². The van der Waals surface area contributed by atoms with E-state index < -0.39 is 0 Å². The van der Waals surface area contributed by atoms with Gasteiger partial charge >= 0.3 is 0 Å². The maximum atomic E-state index is 10.6. The molecule has 1 aromatic heterocycles. The molecule has 0 spiro atoms. The lowest BCUT2D eigenvalue weighted by Gasteiger charge is -1.90. The van der Waals surface area contributed by atoms with E-state index in [0.29, 0.717) is 5.56 Å². The quantitative estimate of drug-likeness (QED) is 0.575. The van der Waals surface area contributed by atoms with Gasteiger partial charge in [-0.3, -0.25) is 4.79 Å². The van der Waals surface area contributed by atoms with Crippen LogP contribution in [0, 0.1) is 0 Å². The number of rotatable bonds is 3. The summed E-state index contributed by atoms with van der Waals surface area (Å²) in [6.45, 7) is 4.13. The van der Waals surface area contributed by atoms with Crippen molar-refractivity contribution in [1.29, 1.82) is 0 Å². The lowest BCUT2D eigenvalue weighted by molar-refractivity contribution is 0.112. The fourth-order valence-electron chi connectivity index (χ4n) is 1.60. The van der Waals surface area contributed by atoms with Gasteiger partial charge in [0.25, 0.3) is 0 Å². The van der Waals surface area contributed by atoms with Crippen molar-refractivity contribution in [2.45, 2.75) is 20.3 Å². The lowest BCUT2D eigenvalue weighted by atomic mass is 10.1. The minimum Gasteiger partial charge on any atom is -0.461 e. The second kappa shape index (κ2) is 4.35. The zero-order chi connectivity index (χ0) is 11.5. The molecule has 0 fully saturated rings. The van der Waals surface area contributed by atoms with Crippen LogP contribution in [0.2, 0.25) is 0 Å². The SMILES string of the molecule is CC(C)=CCc1cc2cc(C=O)ccc2o1. The molecule has 1 heterocycles. The molecular weight excluding hydrogens is 200 g/mol. The van der Waals surface area contributed by atoms with Crippen LogP contribution >= 0.6 is 0 Å². The molecular formula is C14H14O2. The Morgan fingerprint density at radius 1 is 1.31 bits per heavy atom. The summed E-state index contributed by atoms with van der Waals surface area (Å²) in [5.74, 6) is 0.930. The number of hydrogen-bond donors (Lipinski definition) is 0. The normalized spacial score (nSPS) is 10.4. The number of carbonyl (C=O) groups excluding carboxylic acids is 1. The third kappa shape index (κ3) is 2.22. The van der Waals surface area contributed by atoms with E-state index in [1.54, 1.807) is 6.07 Å². The van der Waals surface area contributed by atoms with Crippen molar-refractivity contribution in [3.05, 3.63) is 47.2 Å². The highest BCUT2D eigenvalue weighted by atomic mass is 16.3. The van der Waals surface area contributed by atoms with Crippen molar-refractivity contribution in [3.63, 3.8) is 0 Å². The molecule has 0 aliphatic heterocycles. The smallest absolute Gasteiger partial charge is 0.150 e. The average Bonchev–Trinajstić information content (AvgIpc) is 2.67. The van der Waals surface area contributed by atoms with Crippen molar-refractivity contribution in [2.75, 3.05) is 0 Å². The van der Waals surface area contributed by atoms with E-state index in [2.05, 4.69) is 19.9 Å². The first-order chi connectivity index (χ1) is 7.69. The molecule has 0 amide bonds. The van der Waals surface area contributed by atoms with E-state index >= 15 is 0 Å². The van der Waals surface area contributed by atoms with Crippen LogP contribution < -0.4 is 0 Å². The van der Waals surface area contributed by atoms with E-state index in [9.17, 15) is 4.79 Å². The molecule has 0 saturated carbocycles. The molecule has 0 saturated heterocycles. The van der Waals surface area contributed by atoms with E-state index in [0.717, 1.165) is 29.4 Å². The van der Waals surface area contributed by atoms with Crippen molar-refractivity contribution in [1.82, 2.24) is 0 Å². The standard InChI is InChI=1S/C14H14O2/c1-10(2)3-5-13-8-12-7-11(9-15)4-6-14(12)16-13/h3-4,6-9H,5H2,1-2H3. The number of benzene rings is 1. The number of aldehydes is 1. The Bertz CT molecular complexity index is 543. The van der Waals surface area contributed by atoms with Crippen molar-refractivity contribution < 1.29 is 9.21 Å². The molecule has 0 N–H and O–H groups in total. The van der Waals surface area contributed by atoms with E-state index in [4.69, 9.17) is 4.42 Å². The number of fused-ring (bicyclic) bond motifs is 1. The number of carbonyl (C=O) groups is 1. The molecule has 1 aromatic carbocycles. The zero-order valence-electron chi connectivity index (χ0n) is 9.49. The first-order valence-electron chi connectivity index (χ1n) is 5.30. The molecule has 0 radical (unpaired) electrons. The number of furan rings is 1. The minimum atomic E-state index is 0.682. The first-order valence-corrected chi connectivity index (χ1v) is 5.30. The molecule has 0 aliphatic rings. The van der Waals surface area contributed by atoms with Crippen LogP contribution in [0.5, 0.6) is 0 Å². The summed E-state index contributed by atoms with van der Waals surface area (Å²) in [4.78, 5) is 10.6. The first kappa shape index (κ1) is 10.7. The molecule has 0 atom stereocenters. The Morgan fingerprint density at radius 3 is 2.81 bits per heavy atom. The fourth-order valence-corrected chi connectivity index (χ4v) is 1.60. The largest absolute Gasteiger partial charge is 0.461 e. The Balaban J connectivity index is 2.36. The van der Waals surface area contributed by atoms with Gasteiger partial charge in [0.1, 0.15) is 17.6 Å². The van der Waals surface area contributed by atoms with Gasteiger partial charge in [-0.15, -0.1) is 0 Å². The summed E-state index contributed by atoms with van der Waals surface area (Å²) < 4.78 is 5.66. The van der Waals surface area contributed by atoms with Gasteiger partial charge in [0.2, 0.25) is 0 Å². The Morgan fingerprint density at radius 2 is 2.12 bits per heavy atom. The predicted molar refractivity (Wildman–Crippen MR) is 64.7 cm³/mol. The van der Waals surface area contributed by atoms with Crippen LogP contribution in [-0.2, 0) is 6.42 Å². The van der Waals surface area contributed by atoms with E-state index in [-0.39, 0.29) is 0 Å². The van der Waals surface area contributed by atoms with Crippen molar-refractivity contribution in [2.24, 2.45) is 0 Å². The molecule has 2 rings (SSSR count). The zero-order valence-corrected chi connectivity index (χ0v) is 9.49. The van der Waals surface area contributed by atoms with E-state index in [1.165, 1.54) is 5.57 Å². The third-order valence-electron chi connectivity index (χ3n) is 2.44. The molecule has 82 valence electrons. The van der Waals surface area contributed by atoms with Gasteiger partial charge in [0.15, 0.2) is 0 Å². The second-order valence-electron chi connectivity index (χ2n) is 4.11. The summed E-state index contributed by atoms with van der Waals surface area (Å²) in [6, 6.07) is 7.44. The molecule has 2 aromatic rings. The summed E-state index contributed by atoms with van der Waals surface area (Å²) in [5, 5.41) is 0.988. The molecule has 0 unspecified atom stereocenters. The van der Waals surface area contributed by atoms with Gasteiger partial charge in [-0.05, 0) is 38.1 Å². The van der Waals surface area contributed by atoms with Crippen molar-refractivity contribution >= 4 is 17.3 Å². The topological polar surface area (TPSA) is 30.2 Å². The Kier molecular flexibility index (Phi) is 2.91. The predicted octanol–water partition coefficient (Wildman–Crippen LogP) is 3.75. The van der Waals surface area contributed by atoms with Gasteiger partial charge in [-0.2, -0.15) is 0 Å². The van der Waals surface area contributed by atoms with Gasteiger partial charge in [-0.25, -0.2) is 0 Å². The monoisotopic (exact) mass is 214 g/mol. The highest BCUT2D eigenvalue weighted by Crippen LogP contribution is 2.21. The van der Waals surface area contributed by atoms with Crippen LogP contribution in [0.3, 0.4) is 0 Å². The van der Waals surface area contributed by atoms with E-state index in [1.807, 2.05) is 18.2 Å². The average molecular weight is 214 g/mol. The molecule has 2 heteroatoms. The van der Waals surface area contributed by atoms with Gasteiger partial charge in [0.05, 0.1) is 0 Å². The van der Waals surface area contributed by atoms with Gasteiger partial charge < -0.3 is 4.42 Å². The van der Waals surface area contributed by atoms with Crippen LogP contribution in [0.15, 0.2) is 40.3 Å². The van der Waals surface area contributed by atoms with Crippen LogP contribution in [-0.4, -0.2) is 6.29 Å². The molecule has 0 aliphatic carbocycles. The highest BCUT2D eigenvalue weighted by Gasteiger charge is 2.03.